The summed E-state index contributed by atoms with van der Waals surface area (Å²) in [6, 6.07) is 0.764. The van der Waals surface area contributed by atoms with Gasteiger partial charge >= 0.3 is 0 Å². The van der Waals surface area contributed by atoms with E-state index in [9.17, 15) is 0 Å². The first-order chi connectivity index (χ1) is 7.26. The topological polar surface area (TPSA) is 15.3 Å². The lowest BCUT2D eigenvalue weighted by Gasteiger charge is -2.27. The minimum absolute atomic E-state index is 0.764. The first-order valence-corrected chi connectivity index (χ1v) is 6.72. The van der Waals surface area contributed by atoms with Gasteiger partial charge in [-0.2, -0.15) is 0 Å². The van der Waals surface area contributed by atoms with Crippen molar-refractivity contribution < 1.29 is 0 Å². The number of nitrogens with zero attached hydrogens (tertiary/aromatic N) is 1. The van der Waals surface area contributed by atoms with Gasteiger partial charge in [-0.15, -0.1) is 0 Å². The summed E-state index contributed by atoms with van der Waals surface area (Å²) in [5, 5.41) is 3.60. The van der Waals surface area contributed by atoms with Gasteiger partial charge in [0.25, 0.3) is 0 Å². The Bertz CT molecular complexity index is 153. The van der Waals surface area contributed by atoms with Gasteiger partial charge in [0.1, 0.15) is 0 Å². The molecule has 1 rings (SSSR count). The van der Waals surface area contributed by atoms with Crippen molar-refractivity contribution in [2.24, 2.45) is 5.92 Å². The van der Waals surface area contributed by atoms with Crippen LogP contribution in [0.4, 0.5) is 0 Å². The third kappa shape index (κ3) is 4.98. The van der Waals surface area contributed by atoms with E-state index in [2.05, 4.69) is 31.0 Å². The lowest BCUT2D eigenvalue weighted by molar-refractivity contribution is 0.216. The minimum atomic E-state index is 0.764. The van der Waals surface area contributed by atoms with E-state index in [1.807, 2.05) is 0 Å². The molecule has 0 spiro atoms. The molecular formula is C13H28N2. The van der Waals surface area contributed by atoms with Crippen LogP contribution in [0.3, 0.4) is 0 Å². The summed E-state index contributed by atoms with van der Waals surface area (Å²) >= 11 is 0. The second kappa shape index (κ2) is 7.24. The Labute approximate surface area is 95.4 Å². The van der Waals surface area contributed by atoms with Crippen molar-refractivity contribution >= 4 is 0 Å². The predicted octanol–water partition coefficient (Wildman–Crippen LogP) is 2.50. The maximum Gasteiger partial charge on any atom is 0.0195 e. The van der Waals surface area contributed by atoms with Gasteiger partial charge in [-0.1, -0.05) is 27.2 Å². The van der Waals surface area contributed by atoms with Crippen LogP contribution in [0.1, 0.15) is 46.5 Å². The van der Waals surface area contributed by atoms with Crippen molar-refractivity contribution in [2.45, 2.75) is 52.5 Å². The second-order valence-electron chi connectivity index (χ2n) is 5.07. The van der Waals surface area contributed by atoms with E-state index in [-0.39, 0.29) is 0 Å². The Morgan fingerprint density at radius 2 is 2.20 bits per heavy atom. The molecule has 1 fully saturated rings. The van der Waals surface area contributed by atoms with Gasteiger partial charge in [-0.05, 0) is 38.3 Å². The second-order valence-corrected chi connectivity index (χ2v) is 5.07. The lowest BCUT2D eigenvalue weighted by Crippen LogP contribution is -2.39. The molecule has 2 unspecified atom stereocenters. The summed E-state index contributed by atoms with van der Waals surface area (Å²) in [4.78, 5) is 2.65. The van der Waals surface area contributed by atoms with E-state index in [1.54, 1.807) is 0 Å². The number of rotatable bonds is 7. The lowest BCUT2D eigenvalue weighted by atomic mass is 10.1. The fourth-order valence-electron chi connectivity index (χ4n) is 2.37. The van der Waals surface area contributed by atoms with Gasteiger partial charge in [0, 0.05) is 19.1 Å². The average Bonchev–Trinajstić information content (AvgIpc) is 2.70. The Hall–Kier alpha value is -0.0800. The Morgan fingerprint density at radius 1 is 1.40 bits per heavy atom. The molecule has 0 radical (unpaired) electrons. The third-order valence-corrected chi connectivity index (χ3v) is 3.45. The van der Waals surface area contributed by atoms with E-state index in [0.29, 0.717) is 0 Å². The van der Waals surface area contributed by atoms with Crippen LogP contribution in [-0.4, -0.2) is 37.1 Å². The van der Waals surface area contributed by atoms with Crippen molar-refractivity contribution in [1.29, 1.82) is 0 Å². The molecule has 2 atom stereocenters. The minimum Gasteiger partial charge on any atom is -0.313 e. The molecule has 0 aromatic heterocycles. The fourth-order valence-corrected chi connectivity index (χ4v) is 2.37. The summed E-state index contributed by atoms with van der Waals surface area (Å²) in [7, 11) is 0. The molecule has 1 N–H and O–H groups in total. The fraction of sp³-hybridized carbons (Fsp3) is 1.00. The largest absolute Gasteiger partial charge is 0.313 e. The highest BCUT2D eigenvalue weighted by Crippen LogP contribution is 2.10. The highest BCUT2D eigenvalue weighted by molar-refractivity contribution is 4.78. The van der Waals surface area contributed by atoms with Crippen LogP contribution < -0.4 is 5.32 Å². The number of hydrogen-bond acceptors (Lipinski definition) is 2. The Kier molecular flexibility index (Phi) is 6.26. The van der Waals surface area contributed by atoms with Crippen LogP contribution in [0.2, 0.25) is 0 Å². The zero-order chi connectivity index (χ0) is 11.1. The maximum absolute atomic E-state index is 3.60. The zero-order valence-corrected chi connectivity index (χ0v) is 10.8. The summed E-state index contributed by atoms with van der Waals surface area (Å²) < 4.78 is 0. The molecule has 0 aromatic carbocycles. The van der Waals surface area contributed by atoms with Gasteiger partial charge in [0.2, 0.25) is 0 Å². The molecule has 1 heterocycles. The molecule has 0 aliphatic carbocycles. The summed E-state index contributed by atoms with van der Waals surface area (Å²) in [6.45, 7) is 12.0. The molecular weight excluding hydrogens is 184 g/mol. The molecule has 0 saturated carbocycles. The zero-order valence-electron chi connectivity index (χ0n) is 10.8. The first kappa shape index (κ1) is 13.0. The smallest absolute Gasteiger partial charge is 0.0195 e. The highest BCUT2D eigenvalue weighted by atomic mass is 15.2. The Morgan fingerprint density at radius 3 is 2.73 bits per heavy atom. The molecule has 1 aliphatic rings. The van der Waals surface area contributed by atoms with Gasteiger partial charge in [0.05, 0.1) is 0 Å². The van der Waals surface area contributed by atoms with Crippen LogP contribution >= 0.6 is 0 Å². The van der Waals surface area contributed by atoms with Crippen LogP contribution in [-0.2, 0) is 0 Å². The highest BCUT2D eigenvalue weighted by Gasteiger charge is 2.18. The van der Waals surface area contributed by atoms with Crippen molar-refractivity contribution in [3.63, 3.8) is 0 Å². The van der Waals surface area contributed by atoms with E-state index in [1.165, 1.54) is 51.9 Å². The molecule has 1 aliphatic heterocycles. The van der Waals surface area contributed by atoms with E-state index in [0.717, 1.165) is 12.0 Å². The van der Waals surface area contributed by atoms with E-state index in [4.69, 9.17) is 0 Å². The van der Waals surface area contributed by atoms with Crippen molar-refractivity contribution in [1.82, 2.24) is 10.2 Å². The molecule has 0 aromatic rings. The molecule has 90 valence electrons. The molecule has 1 saturated heterocycles. The number of nitrogens with one attached hydrogen (secondary N) is 1. The van der Waals surface area contributed by atoms with Crippen molar-refractivity contribution in [2.75, 3.05) is 26.2 Å². The van der Waals surface area contributed by atoms with Crippen molar-refractivity contribution in [3.05, 3.63) is 0 Å². The monoisotopic (exact) mass is 212 g/mol. The van der Waals surface area contributed by atoms with Crippen LogP contribution in [0.5, 0.6) is 0 Å². The van der Waals surface area contributed by atoms with E-state index >= 15 is 0 Å². The SMILES string of the molecule is CCCN(CC(C)CC)CC1CCCN1. The summed E-state index contributed by atoms with van der Waals surface area (Å²) in [5.41, 5.74) is 0. The van der Waals surface area contributed by atoms with Crippen molar-refractivity contribution in [3.8, 4) is 0 Å². The van der Waals surface area contributed by atoms with Crippen LogP contribution in [0.25, 0.3) is 0 Å². The summed E-state index contributed by atoms with van der Waals surface area (Å²) in [6.07, 6.45) is 5.33. The van der Waals surface area contributed by atoms with E-state index < -0.39 is 0 Å². The Balaban J connectivity index is 2.28. The normalized spacial score (nSPS) is 23.6. The van der Waals surface area contributed by atoms with Gasteiger partial charge in [-0.25, -0.2) is 0 Å². The summed E-state index contributed by atoms with van der Waals surface area (Å²) in [5.74, 6) is 0.845. The van der Waals surface area contributed by atoms with Crippen LogP contribution in [0.15, 0.2) is 0 Å². The number of hydrogen-bond donors (Lipinski definition) is 1. The van der Waals surface area contributed by atoms with Gasteiger partial charge < -0.3 is 10.2 Å². The first-order valence-electron chi connectivity index (χ1n) is 6.72. The molecule has 15 heavy (non-hydrogen) atoms. The van der Waals surface area contributed by atoms with Gasteiger partial charge in [-0.3, -0.25) is 0 Å². The standard InChI is InChI=1S/C13H28N2/c1-4-9-15(10-12(3)5-2)11-13-7-6-8-14-13/h12-14H,4-11H2,1-3H3. The molecule has 0 amide bonds. The molecule has 2 nitrogen and oxygen atoms in total. The maximum atomic E-state index is 3.60. The molecule has 2 heteroatoms. The quantitative estimate of drug-likeness (QED) is 0.697. The van der Waals surface area contributed by atoms with Gasteiger partial charge in [0.15, 0.2) is 0 Å². The average molecular weight is 212 g/mol. The third-order valence-electron chi connectivity index (χ3n) is 3.45. The predicted molar refractivity (Wildman–Crippen MR) is 67.2 cm³/mol. The molecule has 0 bridgehead atoms. The van der Waals surface area contributed by atoms with Crippen LogP contribution in [0, 0.1) is 5.92 Å².